The zero-order valence-corrected chi connectivity index (χ0v) is 15.3. The lowest BCUT2D eigenvalue weighted by atomic mass is 10.2. The third-order valence-electron chi connectivity index (χ3n) is 3.47. The molecular weight excluding hydrogens is 411 g/mol. The van der Waals surface area contributed by atoms with Gasteiger partial charge in [-0.2, -0.15) is 0 Å². The van der Waals surface area contributed by atoms with Crippen LogP contribution >= 0.6 is 22.6 Å². The number of aliphatic hydroxyl groups excluding tert-OH is 1. The Morgan fingerprint density at radius 3 is 2.65 bits per heavy atom. The summed E-state index contributed by atoms with van der Waals surface area (Å²) in [6.45, 7) is 4.28. The highest BCUT2D eigenvalue weighted by Gasteiger charge is 2.39. The van der Waals surface area contributed by atoms with Gasteiger partial charge in [-0.25, -0.2) is 4.79 Å². The Morgan fingerprint density at radius 2 is 2.04 bits per heavy atom. The van der Waals surface area contributed by atoms with E-state index in [0.29, 0.717) is 5.69 Å². The molecule has 1 heterocycles. The van der Waals surface area contributed by atoms with Crippen LogP contribution in [0.25, 0.3) is 0 Å². The first kappa shape index (κ1) is 18.0. The number of rotatable bonds is 4. The second kappa shape index (κ2) is 7.96. The number of likely N-dealkylation sites (tertiary alicyclic amines) is 1. The number of amides is 2. The van der Waals surface area contributed by atoms with E-state index in [1.807, 2.05) is 26.0 Å². The van der Waals surface area contributed by atoms with Gasteiger partial charge in [0.15, 0.2) is 0 Å². The number of ether oxygens (including phenoxy) is 1. The highest BCUT2D eigenvalue weighted by Crippen LogP contribution is 2.21. The van der Waals surface area contributed by atoms with Crippen LogP contribution in [0.2, 0.25) is 0 Å². The molecule has 7 heteroatoms. The maximum absolute atomic E-state index is 12.4. The lowest BCUT2D eigenvalue weighted by Crippen LogP contribution is -2.43. The molecule has 1 aromatic rings. The van der Waals surface area contributed by atoms with Gasteiger partial charge in [-0.3, -0.25) is 9.69 Å². The summed E-state index contributed by atoms with van der Waals surface area (Å²) in [4.78, 5) is 25.8. The summed E-state index contributed by atoms with van der Waals surface area (Å²) in [7, 11) is 0. The fourth-order valence-corrected chi connectivity index (χ4v) is 2.70. The van der Waals surface area contributed by atoms with Crippen molar-refractivity contribution in [1.29, 1.82) is 0 Å². The van der Waals surface area contributed by atoms with E-state index in [1.165, 1.54) is 4.90 Å². The molecule has 1 saturated heterocycles. The normalized spacial score (nSPS) is 20.7. The van der Waals surface area contributed by atoms with Crippen molar-refractivity contribution in [2.45, 2.75) is 32.4 Å². The van der Waals surface area contributed by atoms with E-state index >= 15 is 0 Å². The van der Waals surface area contributed by atoms with E-state index in [4.69, 9.17) is 4.74 Å². The number of halogens is 1. The molecule has 0 aliphatic carbocycles. The third kappa shape index (κ3) is 5.07. The number of nitrogens with one attached hydrogen (secondary N) is 1. The number of benzene rings is 1. The van der Waals surface area contributed by atoms with Crippen molar-refractivity contribution in [2.24, 2.45) is 5.92 Å². The summed E-state index contributed by atoms with van der Waals surface area (Å²) >= 11 is 2.18. The molecular formula is C16H21IN2O4. The number of carbonyl (C=O) groups excluding carboxylic acids is 2. The van der Waals surface area contributed by atoms with Gasteiger partial charge in [-0.1, -0.05) is 13.8 Å². The van der Waals surface area contributed by atoms with Crippen molar-refractivity contribution < 1.29 is 19.4 Å². The fourth-order valence-electron chi connectivity index (χ4n) is 2.34. The van der Waals surface area contributed by atoms with Crippen molar-refractivity contribution >= 4 is 40.3 Å². The minimum atomic E-state index is -0.719. The largest absolute Gasteiger partial charge is 0.449 e. The topological polar surface area (TPSA) is 78.9 Å². The van der Waals surface area contributed by atoms with Gasteiger partial charge in [0.25, 0.3) is 0 Å². The average molecular weight is 432 g/mol. The SMILES string of the molecule is CC(C)COC(=O)N1C[C@@H](O)C[C@@H]1C(=O)Nc1ccc(I)cc1. The molecule has 0 bridgehead atoms. The minimum absolute atomic E-state index is 0.113. The van der Waals surface area contributed by atoms with E-state index in [-0.39, 0.29) is 31.4 Å². The van der Waals surface area contributed by atoms with Crippen LogP contribution in [0.5, 0.6) is 0 Å². The van der Waals surface area contributed by atoms with Crippen LogP contribution in [0.1, 0.15) is 20.3 Å². The molecule has 23 heavy (non-hydrogen) atoms. The summed E-state index contributed by atoms with van der Waals surface area (Å²) < 4.78 is 6.24. The molecule has 1 fully saturated rings. The van der Waals surface area contributed by atoms with Gasteiger partial charge >= 0.3 is 6.09 Å². The molecule has 2 N–H and O–H groups in total. The molecule has 0 aromatic heterocycles. The predicted molar refractivity (Wildman–Crippen MR) is 95.1 cm³/mol. The summed E-state index contributed by atoms with van der Waals surface area (Å²) in [5.74, 6) is -0.102. The van der Waals surface area contributed by atoms with Gasteiger partial charge in [0, 0.05) is 15.7 Å². The molecule has 2 atom stereocenters. The Morgan fingerprint density at radius 1 is 1.39 bits per heavy atom. The number of anilines is 1. The average Bonchev–Trinajstić information content (AvgIpc) is 2.89. The second-order valence-corrected chi connectivity index (χ2v) is 7.27. The number of aliphatic hydroxyl groups is 1. The van der Waals surface area contributed by atoms with E-state index in [9.17, 15) is 14.7 Å². The Kier molecular flexibility index (Phi) is 6.23. The van der Waals surface area contributed by atoms with Crippen LogP contribution in [0.3, 0.4) is 0 Å². The Labute approximate surface area is 149 Å². The van der Waals surface area contributed by atoms with Crippen LogP contribution in [-0.2, 0) is 9.53 Å². The maximum atomic E-state index is 12.4. The number of nitrogens with zero attached hydrogens (tertiary/aromatic N) is 1. The Hall–Kier alpha value is -1.35. The molecule has 6 nitrogen and oxygen atoms in total. The van der Waals surface area contributed by atoms with Crippen molar-refractivity contribution in [3.05, 3.63) is 27.8 Å². The van der Waals surface area contributed by atoms with Gasteiger partial charge in [0.05, 0.1) is 19.3 Å². The van der Waals surface area contributed by atoms with Crippen molar-refractivity contribution in [3.63, 3.8) is 0 Å². The van der Waals surface area contributed by atoms with Crippen LogP contribution in [0.15, 0.2) is 24.3 Å². The first-order valence-electron chi connectivity index (χ1n) is 7.54. The highest BCUT2D eigenvalue weighted by atomic mass is 127. The Bertz CT molecular complexity index is 562. The predicted octanol–water partition coefficient (Wildman–Crippen LogP) is 2.46. The van der Waals surface area contributed by atoms with E-state index < -0.39 is 18.2 Å². The molecule has 2 amide bonds. The molecule has 1 aliphatic rings. The summed E-state index contributed by atoms with van der Waals surface area (Å²) in [6, 6.07) is 6.64. The molecule has 126 valence electrons. The molecule has 0 spiro atoms. The maximum Gasteiger partial charge on any atom is 0.410 e. The van der Waals surface area contributed by atoms with Crippen molar-refractivity contribution in [2.75, 3.05) is 18.5 Å². The number of β-amino-alcohol motifs (C(OH)–C–C–N with tert-alkyl or cyclic N) is 1. The lowest BCUT2D eigenvalue weighted by molar-refractivity contribution is -0.120. The van der Waals surface area contributed by atoms with Crippen LogP contribution in [-0.4, -0.2) is 47.3 Å². The van der Waals surface area contributed by atoms with Crippen molar-refractivity contribution in [1.82, 2.24) is 4.90 Å². The summed E-state index contributed by atoms with van der Waals surface area (Å²) in [5.41, 5.74) is 0.660. The van der Waals surface area contributed by atoms with E-state index in [2.05, 4.69) is 27.9 Å². The monoisotopic (exact) mass is 432 g/mol. The Balaban J connectivity index is 2.01. The number of carbonyl (C=O) groups is 2. The second-order valence-electron chi connectivity index (χ2n) is 6.02. The first-order valence-corrected chi connectivity index (χ1v) is 8.62. The van der Waals surface area contributed by atoms with Crippen molar-refractivity contribution in [3.8, 4) is 0 Å². The van der Waals surface area contributed by atoms with Gasteiger partial charge in [-0.15, -0.1) is 0 Å². The van der Waals surface area contributed by atoms with E-state index in [1.54, 1.807) is 12.1 Å². The first-order chi connectivity index (χ1) is 10.9. The third-order valence-corrected chi connectivity index (χ3v) is 4.19. The van der Waals surface area contributed by atoms with Gasteiger partial charge in [-0.05, 0) is 52.8 Å². The van der Waals surface area contributed by atoms with Crippen LogP contribution in [0.4, 0.5) is 10.5 Å². The molecule has 1 aromatic carbocycles. The van der Waals surface area contributed by atoms with Crippen LogP contribution in [0, 0.1) is 9.49 Å². The van der Waals surface area contributed by atoms with Gasteiger partial charge < -0.3 is 15.2 Å². The molecule has 1 aliphatic heterocycles. The molecule has 0 radical (unpaired) electrons. The highest BCUT2D eigenvalue weighted by molar-refractivity contribution is 14.1. The molecule has 0 unspecified atom stereocenters. The zero-order valence-electron chi connectivity index (χ0n) is 13.2. The number of hydrogen-bond acceptors (Lipinski definition) is 4. The smallest absolute Gasteiger partial charge is 0.410 e. The minimum Gasteiger partial charge on any atom is -0.449 e. The fraction of sp³-hybridized carbons (Fsp3) is 0.500. The molecule has 0 saturated carbocycles. The van der Waals surface area contributed by atoms with Gasteiger partial charge in [0.1, 0.15) is 6.04 Å². The summed E-state index contributed by atoms with van der Waals surface area (Å²) in [5, 5.41) is 12.6. The van der Waals surface area contributed by atoms with Gasteiger partial charge in [0.2, 0.25) is 5.91 Å². The van der Waals surface area contributed by atoms with Crippen LogP contribution < -0.4 is 5.32 Å². The molecule has 2 rings (SSSR count). The standard InChI is InChI=1S/C16H21IN2O4/c1-10(2)9-23-16(22)19-8-13(20)7-14(19)15(21)18-12-5-3-11(17)4-6-12/h3-6,10,13-14,20H,7-9H2,1-2H3,(H,18,21)/t13-,14+/m0/s1. The summed E-state index contributed by atoms with van der Waals surface area (Å²) in [6.07, 6.45) is -1.06. The quantitative estimate of drug-likeness (QED) is 0.717. The lowest BCUT2D eigenvalue weighted by Gasteiger charge is -2.23. The zero-order chi connectivity index (χ0) is 17.0. The number of hydrogen-bond donors (Lipinski definition) is 2. The van der Waals surface area contributed by atoms with E-state index in [0.717, 1.165) is 3.57 Å².